The molecule has 1 heterocycles. The van der Waals surface area contributed by atoms with E-state index in [4.69, 9.17) is 5.73 Å². The number of nitrogens with zero attached hydrogens (tertiary/aromatic N) is 2. The fraction of sp³-hybridized carbons (Fsp3) is 0.667. The number of carbonyl (C=O) groups excluding carboxylic acids is 1. The zero-order valence-corrected chi connectivity index (χ0v) is 13.3. The minimum absolute atomic E-state index is 0.0840. The second-order valence-corrected chi connectivity index (χ2v) is 6.67. The van der Waals surface area contributed by atoms with Gasteiger partial charge in [-0.25, -0.2) is 9.97 Å². The minimum atomic E-state index is -0.165. The van der Waals surface area contributed by atoms with E-state index >= 15 is 0 Å². The molecular formula is C15H25N5O. The van der Waals surface area contributed by atoms with Crippen LogP contribution in [0.1, 0.15) is 51.4 Å². The van der Waals surface area contributed by atoms with Gasteiger partial charge in [-0.1, -0.05) is 20.8 Å². The van der Waals surface area contributed by atoms with E-state index in [0.717, 1.165) is 18.4 Å². The third kappa shape index (κ3) is 4.31. The van der Waals surface area contributed by atoms with E-state index in [0.29, 0.717) is 36.5 Å². The number of carbonyl (C=O) groups is 1. The third-order valence-corrected chi connectivity index (χ3v) is 3.44. The normalized spacial score (nSPS) is 14.9. The van der Waals surface area contributed by atoms with Crippen LogP contribution in [0.25, 0.3) is 0 Å². The molecule has 1 amide bonds. The van der Waals surface area contributed by atoms with Crippen molar-refractivity contribution in [3.8, 4) is 0 Å². The Morgan fingerprint density at radius 3 is 2.57 bits per heavy atom. The molecule has 0 saturated heterocycles. The lowest BCUT2D eigenvalue weighted by atomic mass is 9.95. The Labute approximate surface area is 125 Å². The topological polar surface area (TPSA) is 92.9 Å². The van der Waals surface area contributed by atoms with Crippen LogP contribution in [0.4, 0.5) is 11.6 Å². The summed E-state index contributed by atoms with van der Waals surface area (Å²) in [7, 11) is 0. The van der Waals surface area contributed by atoms with Gasteiger partial charge in [0.05, 0.1) is 0 Å². The summed E-state index contributed by atoms with van der Waals surface area (Å²) in [5.41, 5.74) is 6.61. The lowest BCUT2D eigenvalue weighted by Crippen LogP contribution is -2.27. The SMILES string of the molecule is Cc1c(N)nc(C(C)(C)C)nc1NCCC(=O)NC1CC1. The molecule has 0 aliphatic heterocycles. The van der Waals surface area contributed by atoms with Gasteiger partial charge >= 0.3 is 0 Å². The molecule has 1 saturated carbocycles. The first-order valence-corrected chi connectivity index (χ1v) is 7.45. The highest BCUT2D eigenvalue weighted by Crippen LogP contribution is 2.24. The highest BCUT2D eigenvalue weighted by atomic mass is 16.1. The van der Waals surface area contributed by atoms with Crippen molar-refractivity contribution >= 4 is 17.5 Å². The van der Waals surface area contributed by atoms with Crippen molar-refractivity contribution in [3.05, 3.63) is 11.4 Å². The molecule has 0 aromatic carbocycles. The van der Waals surface area contributed by atoms with E-state index in [2.05, 4.69) is 20.6 Å². The summed E-state index contributed by atoms with van der Waals surface area (Å²) in [4.78, 5) is 20.5. The smallest absolute Gasteiger partial charge is 0.221 e. The van der Waals surface area contributed by atoms with E-state index < -0.39 is 0 Å². The predicted octanol–water partition coefficient (Wildman–Crippen LogP) is 1.75. The van der Waals surface area contributed by atoms with E-state index in [1.807, 2.05) is 27.7 Å². The van der Waals surface area contributed by atoms with Gasteiger partial charge in [0.2, 0.25) is 5.91 Å². The molecule has 0 radical (unpaired) electrons. The Hall–Kier alpha value is -1.85. The summed E-state index contributed by atoms with van der Waals surface area (Å²) in [5, 5.41) is 6.16. The molecule has 0 bridgehead atoms. The Kier molecular flexibility index (Phi) is 4.34. The maximum atomic E-state index is 11.7. The van der Waals surface area contributed by atoms with Gasteiger partial charge in [-0.3, -0.25) is 4.79 Å². The van der Waals surface area contributed by atoms with Crippen LogP contribution in [0.5, 0.6) is 0 Å². The van der Waals surface area contributed by atoms with Crippen LogP contribution in [-0.2, 0) is 10.2 Å². The van der Waals surface area contributed by atoms with Crippen LogP contribution in [0.3, 0.4) is 0 Å². The number of aromatic nitrogens is 2. The lowest BCUT2D eigenvalue weighted by Gasteiger charge is -2.19. The van der Waals surface area contributed by atoms with Crippen molar-refractivity contribution in [3.63, 3.8) is 0 Å². The maximum absolute atomic E-state index is 11.7. The Morgan fingerprint density at radius 2 is 2.00 bits per heavy atom. The van der Waals surface area contributed by atoms with Gasteiger partial charge in [0, 0.05) is 30.0 Å². The summed E-state index contributed by atoms with van der Waals surface area (Å²) in [6.45, 7) is 8.56. The van der Waals surface area contributed by atoms with Crippen molar-refractivity contribution < 1.29 is 4.79 Å². The van der Waals surface area contributed by atoms with Crippen LogP contribution in [0.15, 0.2) is 0 Å². The number of nitrogens with two attached hydrogens (primary N) is 1. The molecule has 1 aromatic heterocycles. The van der Waals surface area contributed by atoms with Crippen LogP contribution in [-0.4, -0.2) is 28.5 Å². The monoisotopic (exact) mass is 291 g/mol. The summed E-state index contributed by atoms with van der Waals surface area (Å²) < 4.78 is 0. The minimum Gasteiger partial charge on any atom is -0.383 e. The first kappa shape index (κ1) is 15.5. The van der Waals surface area contributed by atoms with Crippen molar-refractivity contribution in [1.29, 1.82) is 0 Å². The summed E-state index contributed by atoms with van der Waals surface area (Å²) in [5.74, 6) is 1.99. The molecule has 1 fully saturated rings. The molecule has 116 valence electrons. The lowest BCUT2D eigenvalue weighted by molar-refractivity contribution is -0.120. The molecule has 6 heteroatoms. The first-order chi connectivity index (χ1) is 9.77. The van der Waals surface area contributed by atoms with Gasteiger partial charge in [0.15, 0.2) is 0 Å². The molecular weight excluding hydrogens is 266 g/mol. The second-order valence-electron chi connectivity index (χ2n) is 6.67. The van der Waals surface area contributed by atoms with E-state index in [1.165, 1.54) is 0 Å². The summed E-state index contributed by atoms with van der Waals surface area (Å²) in [6, 6.07) is 0.404. The van der Waals surface area contributed by atoms with Gasteiger partial charge in [0.25, 0.3) is 0 Å². The number of hydrogen-bond acceptors (Lipinski definition) is 5. The van der Waals surface area contributed by atoms with Gasteiger partial charge in [-0.05, 0) is 19.8 Å². The summed E-state index contributed by atoms with van der Waals surface area (Å²) >= 11 is 0. The van der Waals surface area contributed by atoms with E-state index in [-0.39, 0.29) is 11.3 Å². The number of hydrogen-bond donors (Lipinski definition) is 3. The maximum Gasteiger partial charge on any atom is 0.221 e. The number of amides is 1. The van der Waals surface area contributed by atoms with Gasteiger partial charge in [0.1, 0.15) is 17.5 Å². The first-order valence-electron chi connectivity index (χ1n) is 7.45. The molecule has 6 nitrogen and oxygen atoms in total. The zero-order chi connectivity index (χ0) is 15.6. The van der Waals surface area contributed by atoms with Gasteiger partial charge in [-0.2, -0.15) is 0 Å². The molecule has 1 aliphatic rings. The molecule has 0 spiro atoms. The largest absolute Gasteiger partial charge is 0.383 e. The summed E-state index contributed by atoms with van der Waals surface area (Å²) in [6.07, 6.45) is 2.65. The van der Waals surface area contributed by atoms with Crippen LogP contribution >= 0.6 is 0 Å². The molecule has 21 heavy (non-hydrogen) atoms. The van der Waals surface area contributed by atoms with Crippen molar-refractivity contribution in [2.75, 3.05) is 17.6 Å². The highest BCUT2D eigenvalue weighted by Gasteiger charge is 2.23. The number of rotatable bonds is 5. The van der Waals surface area contributed by atoms with Crippen LogP contribution in [0.2, 0.25) is 0 Å². The molecule has 0 atom stereocenters. The van der Waals surface area contributed by atoms with Crippen molar-refractivity contribution in [2.24, 2.45) is 0 Å². The fourth-order valence-electron chi connectivity index (χ4n) is 1.86. The Morgan fingerprint density at radius 1 is 1.33 bits per heavy atom. The zero-order valence-electron chi connectivity index (χ0n) is 13.3. The highest BCUT2D eigenvalue weighted by molar-refractivity contribution is 5.77. The van der Waals surface area contributed by atoms with Crippen molar-refractivity contribution in [1.82, 2.24) is 15.3 Å². The molecule has 1 aliphatic carbocycles. The Bertz CT molecular complexity index is 532. The number of anilines is 2. The second kappa shape index (κ2) is 5.87. The van der Waals surface area contributed by atoms with E-state index in [1.54, 1.807) is 0 Å². The molecule has 0 unspecified atom stereocenters. The van der Waals surface area contributed by atoms with E-state index in [9.17, 15) is 4.79 Å². The van der Waals surface area contributed by atoms with Gasteiger partial charge in [-0.15, -0.1) is 0 Å². The Balaban J connectivity index is 1.98. The van der Waals surface area contributed by atoms with Crippen molar-refractivity contribution in [2.45, 2.75) is 58.4 Å². The standard InChI is InChI=1S/C15H25N5O/c1-9-12(16)19-14(15(2,3)4)20-13(9)17-8-7-11(21)18-10-5-6-10/h10H,5-8H2,1-4H3,(H,18,21)(H3,16,17,19,20). The fourth-order valence-corrected chi connectivity index (χ4v) is 1.86. The van der Waals surface area contributed by atoms with Crippen LogP contribution < -0.4 is 16.4 Å². The average molecular weight is 291 g/mol. The average Bonchev–Trinajstić information content (AvgIpc) is 3.16. The third-order valence-electron chi connectivity index (χ3n) is 3.44. The van der Waals surface area contributed by atoms with Gasteiger partial charge < -0.3 is 16.4 Å². The molecule has 1 aromatic rings. The van der Waals surface area contributed by atoms with Crippen LogP contribution in [0, 0.1) is 6.92 Å². The molecule has 2 rings (SSSR count). The molecule has 4 N–H and O–H groups in total. The predicted molar refractivity (Wildman–Crippen MR) is 84.2 cm³/mol. The number of nitrogen functional groups attached to an aromatic ring is 1. The quantitative estimate of drug-likeness (QED) is 0.768. The number of nitrogens with one attached hydrogen (secondary N) is 2.